The molecule has 0 unspecified atom stereocenters. The third kappa shape index (κ3) is 4.23. The Hall–Kier alpha value is -2.88. The first-order valence-electron chi connectivity index (χ1n) is 11.2. The molecular weight excluding hydrogens is 403 g/mol. The zero-order valence-corrected chi connectivity index (χ0v) is 19.5. The molecule has 0 bridgehead atoms. The van der Waals surface area contributed by atoms with Gasteiger partial charge in [0.05, 0.1) is 13.2 Å². The van der Waals surface area contributed by atoms with Crippen LogP contribution in [0.3, 0.4) is 0 Å². The molecule has 2 aromatic carbocycles. The van der Waals surface area contributed by atoms with Crippen LogP contribution in [0, 0.1) is 11.7 Å². The predicted octanol–water partition coefficient (Wildman–Crippen LogP) is 6.51. The average molecular weight is 435 g/mol. The lowest BCUT2D eigenvalue weighted by Gasteiger charge is -2.20. The fourth-order valence-electron chi connectivity index (χ4n) is 4.49. The van der Waals surface area contributed by atoms with Crippen LogP contribution in [-0.4, -0.2) is 19.2 Å². The predicted molar refractivity (Wildman–Crippen MR) is 125 cm³/mol. The molecule has 0 saturated heterocycles. The van der Waals surface area contributed by atoms with Gasteiger partial charge < -0.3 is 9.47 Å². The van der Waals surface area contributed by atoms with Crippen molar-refractivity contribution in [1.82, 2.24) is 0 Å². The van der Waals surface area contributed by atoms with E-state index in [0.29, 0.717) is 19.1 Å². The molecule has 0 amide bonds. The molecule has 2 atom stereocenters. The first kappa shape index (κ1) is 22.3. The number of carbonyl (C=O) groups excluding carboxylic acids is 1. The van der Waals surface area contributed by atoms with Crippen LogP contribution in [0.25, 0.3) is 11.1 Å². The van der Waals surface area contributed by atoms with Gasteiger partial charge in [0.25, 0.3) is 0 Å². The zero-order chi connectivity index (χ0) is 23.1. The van der Waals surface area contributed by atoms with Crippen molar-refractivity contribution in [1.29, 1.82) is 0 Å². The molecule has 1 heterocycles. The van der Waals surface area contributed by atoms with E-state index in [2.05, 4.69) is 39.0 Å². The molecular formula is C28H31FO3. The molecule has 4 rings (SSSR count). The summed E-state index contributed by atoms with van der Waals surface area (Å²) >= 11 is 0. The number of fused-ring (bicyclic) bond motifs is 1. The molecule has 1 aliphatic carbocycles. The molecule has 0 spiro atoms. The maximum atomic E-state index is 13.5. The first-order valence-corrected chi connectivity index (χ1v) is 11.2. The van der Waals surface area contributed by atoms with Crippen molar-refractivity contribution in [3.05, 3.63) is 77.1 Å². The minimum absolute atomic E-state index is 0.0171. The third-order valence-electron chi connectivity index (χ3n) is 6.74. The maximum Gasteiger partial charge on any atom is 0.330 e. The lowest BCUT2D eigenvalue weighted by atomic mass is 9.81. The SMILES string of the molecule is CCOC(=O)C=C(C)C=C[C@@H]1C[C@]1(C)c1cc(-c2ccc(F)cc2)c2c(c1)C(C)(C)CO2. The number of hydrogen-bond acceptors (Lipinski definition) is 3. The maximum absolute atomic E-state index is 13.5. The topological polar surface area (TPSA) is 35.5 Å². The largest absolute Gasteiger partial charge is 0.492 e. The van der Waals surface area contributed by atoms with E-state index in [0.717, 1.165) is 28.9 Å². The van der Waals surface area contributed by atoms with Crippen molar-refractivity contribution in [2.45, 2.75) is 51.9 Å². The summed E-state index contributed by atoms with van der Waals surface area (Å²) in [6.07, 6.45) is 6.77. The van der Waals surface area contributed by atoms with Crippen molar-refractivity contribution in [2.24, 2.45) is 5.92 Å². The van der Waals surface area contributed by atoms with Gasteiger partial charge in [0.2, 0.25) is 0 Å². The minimum Gasteiger partial charge on any atom is -0.492 e. The van der Waals surface area contributed by atoms with Crippen molar-refractivity contribution >= 4 is 5.97 Å². The number of esters is 1. The van der Waals surface area contributed by atoms with E-state index >= 15 is 0 Å². The lowest BCUT2D eigenvalue weighted by Crippen LogP contribution is -2.18. The van der Waals surface area contributed by atoms with Crippen molar-refractivity contribution < 1.29 is 18.7 Å². The number of halogens is 1. The second kappa shape index (κ2) is 8.23. The number of hydrogen-bond donors (Lipinski definition) is 0. The van der Waals surface area contributed by atoms with Crippen molar-refractivity contribution in [2.75, 3.05) is 13.2 Å². The van der Waals surface area contributed by atoms with E-state index in [-0.39, 0.29) is 22.6 Å². The molecule has 4 heteroatoms. The smallest absolute Gasteiger partial charge is 0.330 e. The quantitative estimate of drug-likeness (QED) is 0.295. The van der Waals surface area contributed by atoms with Gasteiger partial charge in [0, 0.05) is 22.6 Å². The highest BCUT2D eigenvalue weighted by Gasteiger charge is 2.50. The van der Waals surface area contributed by atoms with Gasteiger partial charge in [-0.25, -0.2) is 9.18 Å². The highest BCUT2D eigenvalue weighted by Crippen LogP contribution is 2.57. The summed E-state index contributed by atoms with van der Waals surface area (Å²) in [5.41, 5.74) is 5.30. The fourth-order valence-corrected chi connectivity index (χ4v) is 4.49. The molecule has 1 aliphatic heterocycles. The standard InChI is InChI=1S/C28H31FO3/c1-6-31-25(30)13-18(2)7-10-20-16-28(20,5)21-14-23(19-8-11-22(29)12-9-19)26-24(15-21)27(3,4)17-32-26/h7-15,20H,6,16-17H2,1-5H3/t20-,28+/m1/s1. The second-order valence-corrected chi connectivity index (χ2v) is 9.81. The van der Waals surface area contributed by atoms with E-state index in [9.17, 15) is 9.18 Å². The molecule has 1 fully saturated rings. The van der Waals surface area contributed by atoms with Gasteiger partial charge in [-0.05, 0) is 66.5 Å². The normalized spacial score (nSPS) is 23.7. The summed E-state index contributed by atoms with van der Waals surface area (Å²) in [5.74, 6) is 0.749. The Kier molecular flexibility index (Phi) is 5.74. The van der Waals surface area contributed by atoms with E-state index < -0.39 is 0 Å². The van der Waals surface area contributed by atoms with Crippen LogP contribution in [0.1, 0.15) is 52.2 Å². The highest BCUT2D eigenvalue weighted by molar-refractivity contribution is 5.83. The third-order valence-corrected chi connectivity index (χ3v) is 6.74. The van der Waals surface area contributed by atoms with Crippen LogP contribution in [0.15, 0.2) is 60.2 Å². The summed E-state index contributed by atoms with van der Waals surface area (Å²) in [5, 5.41) is 0. The first-order chi connectivity index (χ1) is 15.1. The molecule has 32 heavy (non-hydrogen) atoms. The van der Waals surface area contributed by atoms with E-state index in [4.69, 9.17) is 9.47 Å². The number of ether oxygens (including phenoxy) is 2. The molecule has 3 nitrogen and oxygen atoms in total. The van der Waals surface area contributed by atoms with E-state index in [1.54, 1.807) is 6.92 Å². The monoisotopic (exact) mass is 434 g/mol. The zero-order valence-electron chi connectivity index (χ0n) is 19.5. The highest BCUT2D eigenvalue weighted by atomic mass is 19.1. The molecule has 2 aromatic rings. The number of allylic oxidation sites excluding steroid dienone is 3. The molecule has 1 saturated carbocycles. The molecule has 0 N–H and O–H groups in total. The van der Waals surface area contributed by atoms with Crippen molar-refractivity contribution in [3.8, 4) is 16.9 Å². The average Bonchev–Trinajstić information content (AvgIpc) is 3.32. The van der Waals surface area contributed by atoms with Gasteiger partial charge in [-0.3, -0.25) is 0 Å². The summed E-state index contributed by atoms with van der Waals surface area (Å²) in [6, 6.07) is 11.1. The second-order valence-electron chi connectivity index (χ2n) is 9.81. The Morgan fingerprint density at radius 1 is 1.22 bits per heavy atom. The molecule has 0 radical (unpaired) electrons. The molecule has 168 valence electrons. The Morgan fingerprint density at radius 3 is 2.62 bits per heavy atom. The van der Waals surface area contributed by atoms with E-state index in [1.165, 1.54) is 29.3 Å². The Morgan fingerprint density at radius 2 is 1.94 bits per heavy atom. The number of rotatable bonds is 6. The Labute approximate surface area is 189 Å². The van der Waals surface area contributed by atoms with Gasteiger partial charge in [-0.1, -0.05) is 51.1 Å². The number of benzene rings is 2. The van der Waals surface area contributed by atoms with Gasteiger partial charge in [-0.2, -0.15) is 0 Å². The minimum atomic E-state index is -0.307. The van der Waals surface area contributed by atoms with E-state index in [1.807, 2.05) is 25.1 Å². The van der Waals surface area contributed by atoms with Crippen LogP contribution in [0.2, 0.25) is 0 Å². The van der Waals surface area contributed by atoms with Gasteiger partial charge in [0.15, 0.2) is 0 Å². The van der Waals surface area contributed by atoms with Crippen LogP contribution in [-0.2, 0) is 20.4 Å². The van der Waals surface area contributed by atoms with Crippen LogP contribution < -0.4 is 4.74 Å². The fraction of sp³-hybridized carbons (Fsp3) is 0.393. The van der Waals surface area contributed by atoms with Gasteiger partial charge in [-0.15, -0.1) is 0 Å². The molecule has 0 aromatic heterocycles. The lowest BCUT2D eigenvalue weighted by molar-refractivity contribution is -0.137. The van der Waals surface area contributed by atoms with Gasteiger partial charge in [0.1, 0.15) is 11.6 Å². The van der Waals surface area contributed by atoms with Crippen LogP contribution in [0.4, 0.5) is 4.39 Å². The Bertz CT molecular complexity index is 1090. The summed E-state index contributed by atoms with van der Waals surface area (Å²) < 4.78 is 24.6. The summed E-state index contributed by atoms with van der Waals surface area (Å²) in [4.78, 5) is 11.7. The summed E-state index contributed by atoms with van der Waals surface area (Å²) in [6.45, 7) is 11.4. The van der Waals surface area contributed by atoms with Gasteiger partial charge >= 0.3 is 5.97 Å². The van der Waals surface area contributed by atoms with Crippen molar-refractivity contribution in [3.63, 3.8) is 0 Å². The molecule has 2 aliphatic rings. The van der Waals surface area contributed by atoms with Crippen LogP contribution in [0.5, 0.6) is 5.75 Å². The Balaban J connectivity index is 1.66. The number of carbonyl (C=O) groups is 1. The van der Waals surface area contributed by atoms with Crippen LogP contribution >= 0.6 is 0 Å². The summed E-state index contributed by atoms with van der Waals surface area (Å²) in [7, 11) is 0.